The molecule has 0 spiro atoms. The number of carboxylic acid groups (broad SMARTS) is 2. The molecule has 32 heavy (non-hydrogen) atoms. The molecule has 0 aliphatic rings. The van der Waals surface area contributed by atoms with Gasteiger partial charge in [-0.2, -0.15) is 0 Å². The highest BCUT2D eigenvalue weighted by Gasteiger charge is 2.32. The normalized spacial score (nSPS) is 15.7. The smallest absolute Gasteiger partial charge is 0.326 e. The van der Waals surface area contributed by atoms with E-state index < -0.39 is 66.9 Å². The van der Waals surface area contributed by atoms with Crippen molar-refractivity contribution in [3.8, 4) is 0 Å². The molecule has 0 saturated carbocycles. The SMILES string of the molecule is CCC(C)C(NC(=O)C(CC(C)C)NC(=O)C(CCC(=O)O)NC(=O)C(N)CO)C(=O)O. The van der Waals surface area contributed by atoms with Crippen LogP contribution in [-0.4, -0.2) is 75.8 Å². The van der Waals surface area contributed by atoms with Crippen LogP contribution < -0.4 is 21.7 Å². The number of carbonyl (C=O) groups excluding carboxylic acids is 3. The van der Waals surface area contributed by atoms with E-state index in [1.54, 1.807) is 27.7 Å². The molecule has 0 saturated heterocycles. The highest BCUT2D eigenvalue weighted by atomic mass is 16.4. The molecule has 12 heteroatoms. The van der Waals surface area contributed by atoms with Gasteiger partial charge in [-0.1, -0.05) is 34.1 Å². The molecule has 0 aliphatic carbocycles. The van der Waals surface area contributed by atoms with Gasteiger partial charge in [0.15, 0.2) is 0 Å². The third-order valence-electron chi connectivity index (χ3n) is 4.93. The number of carboxylic acids is 2. The Morgan fingerprint density at radius 2 is 1.41 bits per heavy atom. The van der Waals surface area contributed by atoms with Crippen LogP contribution in [0.4, 0.5) is 0 Å². The van der Waals surface area contributed by atoms with Crippen LogP contribution in [0.5, 0.6) is 0 Å². The predicted molar refractivity (Wildman–Crippen MR) is 114 cm³/mol. The van der Waals surface area contributed by atoms with E-state index in [0.29, 0.717) is 6.42 Å². The van der Waals surface area contributed by atoms with Gasteiger partial charge in [0.1, 0.15) is 24.2 Å². The van der Waals surface area contributed by atoms with Crippen LogP contribution in [0.15, 0.2) is 0 Å². The summed E-state index contributed by atoms with van der Waals surface area (Å²) in [6.07, 6.45) is -0.0262. The van der Waals surface area contributed by atoms with Crippen LogP contribution in [0, 0.1) is 11.8 Å². The summed E-state index contributed by atoms with van der Waals surface area (Å²) in [7, 11) is 0. The van der Waals surface area contributed by atoms with Crippen molar-refractivity contribution in [3.63, 3.8) is 0 Å². The summed E-state index contributed by atoms with van der Waals surface area (Å²) in [5.41, 5.74) is 5.43. The minimum absolute atomic E-state index is 0.0483. The lowest BCUT2D eigenvalue weighted by molar-refractivity contribution is -0.144. The van der Waals surface area contributed by atoms with Gasteiger partial charge in [-0.3, -0.25) is 19.2 Å². The average molecular weight is 461 g/mol. The molecule has 5 atom stereocenters. The Morgan fingerprint density at radius 1 is 0.875 bits per heavy atom. The van der Waals surface area contributed by atoms with E-state index in [2.05, 4.69) is 16.0 Å². The second-order valence-corrected chi connectivity index (χ2v) is 8.18. The quantitative estimate of drug-likeness (QED) is 0.156. The molecule has 0 radical (unpaired) electrons. The zero-order valence-electron chi connectivity index (χ0n) is 19.0. The van der Waals surface area contributed by atoms with Crippen LogP contribution in [-0.2, 0) is 24.0 Å². The maximum Gasteiger partial charge on any atom is 0.326 e. The first-order chi connectivity index (χ1) is 14.8. The van der Waals surface area contributed by atoms with Crippen LogP contribution in [0.3, 0.4) is 0 Å². The maximum atomic E-state index is 12.8. The number of hydrogen-bond acceptors (Lipinski definition) is 7. The first-order valence-corrected chi connectivity index (χ1v) is 10.6. The number of aliphatic hydroxyl groups is 1. The van der Waals surface area contributed by atoms with Gasteiger partial charge in [0.05, 0.1) is 6.61 Å². The third-order valence-corrected chi connectivity index (χ3v) is 4.93. The molecule has 0 aliphatic heterocycles. The minimum atomic E-state index is -1.32. The van der Waals surface area contributed by atoms with Gasteiger partial charge in [0.2, 0.25) is 17.7 Å². The van der Waals surface area contributed by atoms with Gasteiger partial charge in [0, 0.05) is 6.42 Å². The molecule has 0 bridgehead atoms. The molecular formula is C20H36N4O8. The number of hydrogen-bond donors (Lipinski definition) is 7. The fourth-order valence-corrected chi connectivity index (χ4v) is 2.81. The summed E-state index contributed by atoms with van der Waals surface area (Å²) >= 11 is 0. The Bertz CT molecular complexity index is 670. The van der Waals surface area contributed by atoms with Crippen LogP contribution >= 0.6 is 0 Å². The molecule has 5 unspecified atom stereocenters. The van der Waals surface area contributed by atoms with Crippen LogP contribution in [0.25, 0.3) is 0 Å². The number of aliphatic hydroxyl groups excluding tert-OH is 1. The number of rotatable bonds is 15. The molecular weight excluding hydrogens is 424 g/mol. The third kappa shape index (κ3) is 10.5. The number of aliphatic carboxylic acids is 2. The second-order valence-electron chi connectivity index (χ2n) is 8.18. The topological polar surface area (TPSA) is 208 Å². The highest BCUT2D eigenvalue weighted by molar-refractivity contribution is 5.94. The Labute approximate surface area is 187 Å². The Hall–Kier alpha value is -2.73. The van der Waals surface area contributed by atoms with Gasteiger partial charge in [-0.05, 0) is 24.7 Å². The van der Waals surface area contributed by atoms with Gasteiger partial charge >= 0.3 is 11.9 Å². The van der Waals surface area contributed by atoms with Gasteiger partial charge in [-0.25, -0.2) is 4.79 Å². The van der Waals surface area contributed by atoms with Crippen molar-refractivity contribution in [1.29, 1.82) is 0 Å². The average Bonchev–Trinajstić information content (AvgIpc) is 2.71. The number of carbonyl (C=O) groups is 5. The maximum absolute atomic E-state index is 12.8. The molecule has 0 fully saturated rings. The molecule has 184 valence electrons. The first kappa shape index (κ1) is 29.3. The number of amides is 3. The van der Waals surface area contributed by atoms with Gasteiger partial charge < -0.3 is 37.0 Å². The van der Waals surface area contributed by atoms with Gasteiger partial charge in [0.25, 0.3) is 0 Å². The van der Waals surface area contributed by atoms with Crippen molar-refractivity contribution in [1.82, 2.24) is 16.0 Å². The summed E-state index contributed by atoms with van der Waals surface area (Å²) in [6, 6.07) is -4.88. The standard InChI is InChI=1S/C20H36N4O8/c1-5-11(4)16(20(31)32)24-19(30)14(8-10(2)3)23-18(29)13(6-7-15(26)27)22-17(28)12(21)9-25/h10-14,16,25H,5-9,21H2,1-4H3,(H,22,28)(H,23,29)(H,24,30)(H,26,27)(H,31,32). The van der Waals surface area contributed by atoms with E-state index in [4.69, 9.17) is 15.9 Å². The highest BCUT2D eigenvalue weighted by Crippen LogP contribution is 2.11. The van der Waals surface area contributed by atoms with Crippen LogP contribution in [0.1, 0.15) is 53.4 Å². The number of nitrogens with one attached hydrogen (secondary N) is 3. The lowest BCUT2D eigenvalue weighted by Crippen LogP contribution is -2.58. The molecule has 8 N–H and O–H groups in total. The molecule has 0 aromatic heterocycles. The molecule has 0 aromatic rings. The van der Waals surface area contributed by atoms with E-state index in [-0.39, 0.29) is 24.7 Å². The Balaban J connectivity index is 5.56. The Morgan fingerprint density at radius 3 is 1.84 bits per heavy atom. The van der Waals surface area contributed by atoms with E-state index in [0.717, 1.165) is 0 Å². The summed E-state index contributed by atoms with van der Waals surface area (Å²) in [6.45, 7) is 6.40. The minimum Gasteiger partial charge on any atom is -0.481 e. The molecule has 12 nitrogen and oxygen atoms in total. The summed E-state index contributed by atoms with van der Waals surface area (Å²) in [5.74, 6) is -5.17. The van der Waals surface area contributed by atoms with Crippen molar-refractivity contribution in [2.75, 3.05) is 6.61 Å². The van der Waals surface area contributed by atoms with E-state index >= 15 is 0 Å². The lowest BCUT2D eigenvalue weighted by atomic mass is 9.97. The zero-order chi connectivity index (χ0) is 25.0. The fourth-order valence-electron chi connectivity index (χ4n) is 2.81. The van der Waals surface area contributed by atoms with Crippen molar-refractivity contribution in [2.45, 2.75) is 77.5 Å². The van der Waals surface area contributed by atoms with Crippen LogP contribution in [0.2, 0.25) is 0 Å². The molecule has 0 aromatic carbocycles. The molecule has 0 heterocycles. The van der Waals surface area contributed by atoms with Crippen molar-refractivity contribution in [3.05, 3.63) is 0 Å². The predicted octanol–water partition coefficient (Wildman–Crippen LogP) is -1.20. The molecule has 0 rings (SSSR count). The van der Waals surface area contributed by atoms with E-state index in [1.165, 1.54) is 0 Å². The van der Waals surface area contributed by atoms with Crippen molar-refractivity contribution >= 4 is 29.7 Å². The summed E-state index contributed by atoms with van der Waals surface area (Å²) in [5, 5.41) is 34.6. The monoisotopic (exact) mass is 460 g/mol. The molecule has 3 amide bonds. The largest absolute Gasteiger partial charge is 0.481 e. The first-order valence-electron chi connectivity index (χ1n) is 10.6. The zero-order valence-corrected chi connectivity index (χ0v) is 19.0. The fraction of sp³-hybridized carbons (Fsp3) is 0.750. The summed E-state index contributed by atoms with van der Waals surface area (Å²) in [4.78, 5) is 60.0. The number of nitrogens with two attached hydrogens (primary N) is 1. The summed E-state index contributed by atoms with van der Waals surface area (Å²) < 4.78 is 0. The lowest BCUT2D eigenvalue weighted by Gasteiger charge is -2.27. The Kier molecular flexibility index (Phi) is 13.1. The van der Waals surface area contributed by atoms with Crippen molar-refractivity contribution in [2.24, 2.45) is 17.6 Å². The van der Waals surface area contributed by atoms with E-state index in [9.17, 15) is 29.1 Å². The van der Waals surface area contributed by atoms with E-state index in [1.807, 2.05) is 0 Å². The van der Waals surface area contributed by atoms with Crippen molar-refractivity contribution < 1.29 is 39.3 Å². The van der Waals surface area contributed by atoms with Gasteiger partial charge in [-0.15, -0.1) is 0 Å². The second kappa shape index (κ2) is 14.4.